The van der Waals surface area contributed by atoms with Gasteiger partial charge in [0.15, 0.2) is 0 Å². The second kappa shape index (κ2) is 6.88. The molecule has 0 aliphatic heterocycles. The molecule has 0 bridgehead atoms. The van der Waals surface area contributed by atoms with Crippen LogP contribution in [0.15, 0.2) is 47.3 Å². The monoisotopic (exact) mass is 285 g/mol. The van der Waals surface area contributed by atoms with Gasteiger partial charge in [-0.15, -0.1) is 0 Å². The second-order valence-corrected chi connectivity index (χ2v) is 4.93. The lowest BCUT2D eigenvalue weighted by Crippen LogP contribution is -2.21. The first kappa shape index (κ1) is 15.0. The zero-order chi connectivity index (χ0) is 15.2. The highest BCUT2D eigenvalue weighted by Crippen LogP contribution is 2.09. The molecular weight excluding hydrogens is 266 g/mol. The molecule has 0 radical (unpaired) electrons. The van der Waals surface area contributed by atoms with Crippen molar-refractivity contribution in [2.24, 2.45) is 0 Å². The molecule has 21 heavy (non-hydrogen) atoms. The quantitative estimate of drug-likeness (QED) is 0.794. The Hall–Kier alpha value is -2.36. The minimum atomic E-state index is -0.323. The molecule has 0 fully saturated rings. The van der Waals surface area contributed by atoms with Gasteiger partial charge in [-0.25, -0.2) is 4.79 Å². The van der Waals surface area contributed by atoms with Gasteiger partial charge < -0.3 is 9.30 Å². The number of nitrogens with zero attached hydrogens (tertiary/aromatic N) is 1. The first-order valence-corrected chi connectivity index (χ1v) is 7.04. The standard InChI is InChI=1S/C17H19NO3/c1-3-10-21-17(20)15-8-5-7-14(11-15)12-18-13(2)6-4-9-16(18)19/h4-9,11H,3,10,12H2,1-2H3. The normalized spacial score (nSPS) is 10.4. The fourth-order valence-corrected chi connectivity index (χ4v) is 2.08. The number of aryl methyl sites for hydroxylation is 1. The van der Waals surface area contributed by atoms with Crippen LogP contribution >= 0.6 is 0 Å². The van der Waals surface area contributed by atoms with Gasteiger partial charge in [-0.1, -0.05) is 25.1 Å². The summed E-state index contributed by atoms with van der Waals surface area (Å²) in [4.78, 5) is 23.7. The number of hydrogen-bond donors (Lipinski definition) is 0. The highest BCUT2D eigenvalue weighted by Gasteiger charge is 2.08. The molecule has 0 N–H and O–H groups in total. The van der Waals surface area contributed by atoms with Crippen molar-refractivity contribution in [1.29, 1.82) is 0 Å². The maximum atomic E-state index is 11.9. The Morgan fingerprint density at radius 3 is 2.67 bits per heavy atom. The Kier molecular flexibility index (Phi) is 4.93. The topological polar surface area (TPSA) is 48.3 Å². The molecule has 0 aliphatic carbocycles. The van der Waals surface area contributed by atoms with E-state index in [0.717, 1.165) is 17.7 Å². The molecule has 1 heterocycles. The third-order valence-electron chi connectivity index (χ3n) is 3.21. The number of aromatic nitrogens is 1. The minimum absolute atomic E-state index is 0.0473. The number of pyridine rings is 1. The van der Waals surface area contributed by atoms with E-state index in [2.05, 4.69) is 0 Å². The van der Waals surface area contributed by atoms with Gasteiger partial charge >= 0.3 is 5.97 Å². The molecule has 0 aliphatic rings. The van der Waals surface area contributed by atoms with E-state index in [1.165, 1.54) is 6.07 Å². The molecule has 2 aromatic rings. The van der Waals surface area contributed by atoms with Crippen LogP contribution in [0.3, 0.4) is 0 Å². The van der Waals surface area contributed by atoms with Crippen LogP contribution in [0.2, 0.25) is 0 Å². The zero-order valence-electron chi connectivity index (χ0n) is 12.3. The number of carbonyl (C=O) groups excluding carboxylic acids is 1. The molecule has 2 rings (SSSR count). The predicted octanol–water partition coefficient (Wildman–Crippen LogP) is 2.77. The summed E-state index contributed by atoms with van der Waals surface area (Å²) in [5.41, 5.74) is 2.26. The third kappa shape index (κ3) is 3.81. The summed E-state index contributed by atoms with van der Waals surface area (Å²) in [5.74, 6) is -0.323. The van der Waals surface area contributed by atoms with E-state index < -0.39 is 0 Å². The van der Waals surface area contributed by atoms with Crippen molar-refractivity contribution in [3.63, 3.8) is 0 Å². The number of benzene rings is 1. The highest BCUT2D eigenvalue weighted by atomic mass is 16.5. The Bertz CT molecular complexity index is 688. The van der Waals surface area contributed by atoms with Crippen LogP contribution in [0.4, 0.5) is 0 Å². The molecule has 0 saturated heterocycles. The van der Waals surface area contributed by atoms with Crippen LogP contribution in [0.25, 0.3) is 0 Å². The lowest BCUT2D eigenvalue weighted by atomic mass is 10.1. The summed E-state index contributed by atoms with van der Waals surface area (Å²) in [5, 5.41) is 0. The fraction of sp³-hybridized carbons (Fsp3) is 0.294. The van der Waals surface area contributed by atoms with E-state index in [4.69, 9.17) is 4.74 Å². The smallest absolute Gasteiger partial charge is 0.338 e. The van der Waals surface area contributed by atoms with Crippen molar-refractivity contribution in [3.8, 4) is 0 Å². The Labute approximate surface area is 124 Å². The maximum Gasteiger partial charge on any atom is 0.338 e. The lowest BCUT2D eigenvalue weighted by Gasteiger charge is -2.10. The van der Waals surface area contributed by atoms with E-state index in [-0.39, 0.29) is 11.5 Å². The number of carbonyl (C=O) groups is 1. The summed E-state index contributed by atoms with van der Waals surface area (Å²) in [6, 6.07) is 12.4. The van der Waals surface area contributed by atoms with Gasteiger partial charge in [0, 0.05) is 11.8 Å². The van der Waals surface area contributed by atoms with Crippen LogP contribution in [-0.2, 0) is 11.3 Å². The van der Waals surface area contributed by atoms with Crippen molar-refractivity contribution in [1.82, 2.24) is 4.57 Å². The van der Waals surface area contributed by atoms with E-state index in [9.17, 15) is 9.59 Å². The summed E-state index contributed by atoms with van der Waals surface area (Å²) in [7, 11) is 0. The van der Waals surface area contributed by atoms with Crippen LogP contribution in [0.1, 0.15) is 35.0 Å². The van der Waals surface area contributed by atoms with Crippen LogP contribution in [0.5, 0.6) is 0 Å². The predicted molar refractivity (Wildman–Crippen MR) is 81.6 cm³/mol. The highest BCUT2D eigenvalue weighted by molar-refractivity contribution is 5.89. The van der Waals surface area contributed by atoms with Crippen molar-refractivity contribution < 1.29 is 9.53 Å². The molecule has 4 nitrogen and oxygen atoms in total. The Morgan fingerprint density at radius 2 is 1.95 bits per heavy atom. The van der Waals surface area contributed by atoms with Crippen LogP contribution in [-0.4, -0.2) is 17.1 Å². The van der Waals surface area contributed by atoms with E-state index in [1.54, 1.807) is 28.8 Å². The summed E-state index contributed by atoms with van der Waals surface area (Å²) >= 11 is 0. The number of esters is 1. The zero-order valence-corrected chi connectivity index (χ0v) is 12.3. The van der Waals surface area contributed by atoms with Gasteiger partial charge in [0.1, 0.15) is 0 Å². The molecule has 0 unspecified atom stereocenters. The van der Waals surface area contributed by atoms with Crippen molar-refractivity contribution in [2.75, 3.05) is 6.61 Å². The van der Waals surface area contributed by atoms with Gasteiger partial charge in [-0.3, -0.25) is 4.79 Å². The van der Waals surface area contributed by atoms with E-state index in [0.29, 0.717) is 18.7 Å². The summed E-state index contributed by atoms with van der Waals surface area (Å²) in [6.07, 6.45) is 0.796. The number of rotatable bonds is 5. The molecule has 0 atom stereocenters. The first-order chi connectivity index (χ1) is 10.1. The Balaban J connectivity index is 2.22. The average Bonchev–Trinajstić information content (AvgIpc) is 2.49. The SMILES string of the molecule is CCCOC(=O)c1cccc(Cn2c(C)cccc2=O)c1. The summed E-state index contributed by atoms with van der Waals surface area (Å²) < 4.78 is 6.80. The van der Waals surface area contributed by atoms with E-state index in [1.807, 2.05) is 26.0 Å². The van der Waals surface area contributed by atoms with Gasteiger partial charge in [-0.05, 0) is 37.1 Å². The van der Waals surface area contributed by atoms with Gasteiger partial charge in [0.05, 0.1) is 18.7 Å². The molecule has 1 aromatic heterocycles. The van der Waals surface area contributed by atoms with Crippen molar-refractivity contribution >= 4 is 5.97 Å². The lowest BCUT2D eigenvalue weighted by molar-refractivity contribution is 0.0505. The Morgan fingerprint density at radius 1 is 1.19 bits per heavy atom. The molecule has 4 heteroatoms. The fourth-order valence-electron chi connectivity index (χ4n) is 2.08. The van der Waals surface area contributed by atoms with Gasteiger partial charge in [0.2, 0.25) is 0 Å². The van der Waals surface area contributed by atoms with Crippen molar-refractivity contribution in [2.45, 2.75) is 26.8 Å². The largest absolute Gasteiger partial charge is 0.462 e. The number of ether oxygens (including phenoxy) is 1. The van der Waals surface area contributed by atoms with E-state index >= 15 is 0 Å². The molecule has 0 spiro atoms. The molecule has 1 aromatic carbocycles. The first-order valence-electron chi connectivity index (χ1n) is 7.04. The van der Waals surface area contributed by atoms with Gasteiger partial charge in [0.25, 0.3) is 5.56 Å². The minimum Gasteiger partial charge on any atom is -0.462 e. The molecule has 0 saturated carbocycles. The summed E-state index contributed by atoms with van der Waals surface area (Å²) in [6.45, 7) is 4.70. The molecule has 110 valence electrons. The maximum absolute atomic E-state index is 11.9. The number of hydrogen-bond acceptors (Lipinski definition) is 3. The van der Waals surface area contributed by atoms with Crippen LogP contribution in [0, 0.1) is 6.92 Å². The average molecular weight is 285 g/mol. The second-order valence-electron chi connectivity index (χ2n) is 4.93. The molecular formula is C17H19NO3. The van der Waals surface area contributed by atoms with Gasteiger partial charge in [-0.2, -0.15) is 0 Å². The van der Waals surface area contributed by atoms with Crippen molar-refractivity contribution in [3.05, 3.63) is 69.6 Å². The third-order valence-corrected chi connectivity index (χ3v) is 3.21. The van der Waals surface area contributed by atoms with Crippen LogP contribution < -0.4 is 5.56 Å². The molecule has 0 amide bonds.